The first-order chi connectivity index (χ1) is 17.0. The molecule has 2 N–H and O–H groups in total. The lowest BCUT2D eigenvalue weighted by molar-refractivity contribution is -0.129. The van der Waals surface area contributed by atoms with Crippen molar-refractivity contribution in [1.29, 1.82) is 0 Å². The summed E-state index contributed by atoms with van der Waals surface area (Å²) in [5.74, 6) is 0.389. The Morgan fingerprint density at radius 1 is 0.800 bits per heavy atom. The van der Waals surface area contributed by atoms with Crippen molar-refractivity contribution in [2.75, 3.05) is 6.61 Å². The average molecular weight is 473 g/mol. The predicted octanol–water partition coefficient (Wildman–Crippen LogP) is 5.78. The molecule has 5 heteroatoms. The fraction of sp³-hybridized carbons (Fsp3) is 0.333. The van der Waals surface area contributed by atoms with Crippen LogP contribution in [0.2, 0.25) is 0 Å². The summed E-state index contributed by atoms with van der Waals surface area (Å²) < 4.78 is 5.91. The highest BCUT2D eigenvalue weighted by atomic mass is 16.5. The molecule has 0 heterocycles. The molecular formula is C30H36N2O3. The Hall–Kier alpha value is -3.60. The van der Waals surface area contributed by atoms with Gasteiger partial charge in [-0.1, -0.05) is 93.1 Å². The summed E-state index contributed by atoms with van der Waals surface area (Å²) in [6.45, 7) is 7.23. The van der Waals surface area contributed by atoms with Gasteiger partial charge in [-0.3, -0.25) is 9.59 Å². The van der Waals surface area contributed by atoms with Gasteiger partial charge in [0.2, 0.25) is 11.8 Å². The van der Waals surface area contributed by atoms with E-state index in [1.165, 1.54) is 0 Å². The molecule has 0 aliphatic carbocycles. The van der Waals surface area contributed by atoms with Crippen LogP contribution in [0, 0.1) is 5.92 Å². The first kappa shape index (κ1) is 26.0. The molecule has 5 nitrogen and oxygen atoms in total. The highest BCUT2D eigenvalue weighted by Gasteiger charge is 2.25. The van der Waals surface area contributed by atoms with Gasteiger partial charge in [-0.15, -0.1) is 0 Å². The van der Waals surface area contributed by atoms with Crippen LogP contribution in [0.5, 0.6) is 5.75 Å². The lowest BCUT2D eigenvalue weighted by atomic mass is 9.98. The molecule has 0 saturated heterocycles. The van der Waals surface area contributed by atoms with Crippen molar-refractivity contribution in [3.05, 3.63) is 102 Å². The average Bonchev–Trinajstić information content (AvgIpc) is 2.90. The van der Waals surface area contributed by atoms with Gasteiger partial charge in [0.15, 0.2) is 0 Å². The predicted molar refractivity (Wildman–Crippen MR) is 140 cm³/mol. The second-order valence-corrected chi connectivity index (χ2v) is 9.05. The van der Waals surface area contributed by atoms with Crippen molar-refractivity contribution in [2.24, 2.45) is 5.92 Å². The van der Waals surface area contributed by atoms with Gasteiger partial charge in [0, 0.05) is 6.54 Å². The summed E-state index contributed by atoms with van der Waals surface area (Å²) in [4.78, 5) is 26.3. The van der Waals surface area contributed by atoms with Crippen molar-refractivity contribution in [3.8, 4) is 5.75 Å². The summed E-state index contributed by atoms with van der Waals surface area (Å²) in [6.07, 6.45) is 2.25. The summed E-state index contributed by atoms with van der Waals surface area (Å²) in [6, 6.07) is 25.9. The number of rotatable bonds is 12. The topological polar surface area (TPSA) is 67.4 Å². The molecule has 3 aromatic rings. The van der Waals surface area contributed by atoms with E-state index in [9.17, 15) is 9.59 Å². The lowest BCUT2D eigenvalue weighted by Gasteiger charge is -2.22. The van der Waals surface area contributed by atoms with Crippen LogP contribution < -0.4 is 15.4 Å². The van der Waals surface area contributed by atoms with Gasteiger partial charge in [0.25, 0.3) is 0 Å². The van der Waals surface area contributed by atoms with E-state index in [-0.39, 0.29) is 17.7 Å². The SMILES string of the molecule is CCCC(C)COc1ccc([C@@H](NC(=O)[C@@H](C)c2ccccc2)C(=O)NCc2ccccc2)cc1. The number of hydrogen-bond acceptors (Lipinski definition) is 3. The van der Waals surface area contributed by atoms with Crippen LogP contribution >= 0.6 is 0 Å². The Balaban J connectivity index is 1.73. The van der Waals surface area contributed by atoms with Crippen LogP contribution in [0.4, 0.5) is 0 Å². The minimum absolute atomic E-state index is 0.204. The number of amides is 2. The van der Waals surface area contributed by atoms with Gasteiger partial charge < -0.3 is 15.4 Å². The first-order valence-electron chi connectivity index (χ1n) is 12.4. The molecule has 35 heavy (non-hydrogen) atoms. The van der Waals surface area contributed by atoms with Gasteiger partial charge in [-0.05, 0) is 48.1 Å². The number of carbonyl (C=O) groups is 2. The summed E-state index contributed by atoms with van der Waals surface area (Å²) in [5, 5.41) is 5.93. The maximum absolute atomic E-state index is 13.2. The van der Waals surface area contributed by atoms with Crippen LogP contribution in [-0.4, -0.2) is 18.4 Å². The quantitative estimate of drug-likeness (QED) is 0.351. The van der Waals surface area contributed by atoms with Crippen LogP contribution in [0.25, 0.3) is 0 Å². The van der Waals surface area contributed by atoms with Crippen molar-refractivity contribution in [3.63, 3.8) is 0 Å². The highest BCUT2D eigenvalue weighted by Crippen LogP contribution is 2.22. The zero-order valence-electron chi connectivity index (χ0n) is 20.9. The zero-order chi connectivity index (χ0) is 25.0. The molecule has 0 aliphatic rings. The molecule has 1 unspecified atom stereocenters. The number of carbonyl (C=O) groups excluding carboxylic acids is 2. The Morgan fingerprint density at radius 2 is 1.43 bits per heavy atom. The first-order valence-corrected chi connectivity index (χ1v) is 12.4. The van der Waals surface area contributed by atoms with Crippen LogP contribution in [0.15, 0.2) is 84.9 Å². The second kappa shape index (κ2) is 13.3. The van der Waals surface area contributed by atoms with Gasteiger partial charge in [0.05, 0.1) is 12.5 Å². The largest absolute Gasteiger partial charge is 0.493 e. The smallest absolute Gasteiger partial charge is 0.247 e. The molecule has 0 saturated carbocycles. The Labute approximate surface area is 208 Å². The van der Waals surface area contributed by atoms with Gasteiger partial charge in [-0.25, -0.2) is 0 Å². The Kier molecular flexibility index (Phi) is 9.91. The van der Waals surface area contributed by atoms with Crippen LogP contribution in [0.1, 0.15) is 62.3 Å². The normalized spacial score (nSPS) is 13.3. The van der Waals surface area contributed by atoms with Crippen LogP contribution in [-0.2, 0) is 16.1 Å². The molecule has 3 rings (SSSR count). The molecule has 0 aliphatic heterocycles. The van der Waals surface area contributed by atoms with E-state index < -0.39 is 6.04 Å². The maximum Gasteiger partial charge on any atom is 0.247 e. The fourth-order valence-electron chi connectivity index (χ4n) is 3.92. The van der Waals surface area contributed by atoms with Crippen molar-refractivity contribution in [2.45, 2.75) is 52.1 Å². The molecular weight excluding hydrogens is 436 g/mol. The third-order valence-electron chi connectivity index (χ3n) is 6.08. The minimum atomic E-state index is -0.814. The number of hydrogen-bond donors (Lipinski definition) is 2. The second-order valence-electron chi connectivity index (χ2n) is 9.05. The number of ether oxygens (including phenoxy) is 1. The summed E-state index contributed by atoms with van der Waals surface area (Å²) >= 11 is 0. The molecule has 3 atom stereocenters. The molecule has 0 radical (unpaired) electrons. The van der Waals surface area contributed by atoms with E-state index in [1.807, 2.05) is 91.9 Å². The van der Waals surface area contributed by atoms with E-state index in [2.05, 4.69) is 24.5 Å². The van der Waals surface area contributed by atoms with E-state index in [0.717, 1.165) is 29.7 Å². The zero-order valence-corrected chi connectivity index (χ0v) is 20.9. The monoisotopic (exact) mass is 472 g/mol. The van der Waals surface area contributed by atoms with Crippen molar-refractivity contribution < 1.29 is 14.3 Å². The summed E-state index contributed by atoms with van der Waals surface area (Å²) in [7, 11) is 0. The lowest BCUT2D eigenvalue weighted by Crippen LogP contribution is -2.41. The third-order valence-corrected chi connectivity index (χ3v) is 6.08. The maximum atomic E-state index is 13.2. The standard InChI is InChI=1S/C30H36N2O3/c1-4-11-22(2)21-35-27-18-16-26(17-19-27)28(30(34)31-20-24-12-7-5-8-13-24)32-29(33)23(3)25-14-9-6-10-15-25/h5-10,12-19,22-23,28H,4,11,20-21H2,1-3H3,(H,31,34)(H,32,33)/t22?,23-,28+/m0/s1. The van der Waals surface area contributed by atoms with Crippen molar-refractivity contribution >= 4 is 11.8 Å². The number of nitrogens with one attached hydrogen (secondary N) is 2. The van der Waals surface area contributed by atoms with Gasteiger partial charge in [-0.2, -0.15) is 0 Å². The van der Waals surface area contributed by atoms with Crippen molar-refractivity contribution in [1.82, 2.24) is 10.6 Å². The Bertz CT molecular complexity index is 1050. The molecule has 2 amide bonds. The molecule has 0 spiro atoms. The molecule has 184 valence electrons. The molecule has 3 aromatic carbocycles. The third kappa shape index (κ3) is 7.99. The van der Waals surface area contributed by atoms with E-state index in [1.54, 1.807) is 0 Å². The van der Waals surface area contributed by atoms with E-state index >= 15 is 0 Å². The van der Waals surface area contributed by atoms with Crippen LogP contribution in [0.3, 0.4) is 0 Å². The Morgan fingerprint density at radius 3 is 2.06 bits per heavy atom. The highest BCUT2D eigenvalue weighted by molar-refractivity contribution is 5.91. The molecule has 0 aromatic heterocycles. The fourth-order valence-corrected chi connectivity index (χ4v) is 3.92. The molecule has 0 fully saturated rings. The van der Waals surface area contributed by atoms with E-state index in [0.29, 0.717) is 24.6 Å². The summed E-state index contributed by atoms with van der Waals surface area (Å²) in [5.41, 5.74) is 2.60. The minimum Gasteiger partial charge on any atom is -0.493 e. The van der Waals surface area contributed by atoms with Gasteiger partial charge in [0.1, 0.15) is 11.8 Å². The van der Waals surface area contributed by atoms with E-state index in [4.69, 9.17) is 4.74 Å². The van der Waals surface area contributed by atoms with Gasteiger partial charge >= 0.3 is 0 Å². The number of benzene rings is 3. The molecule has 0 bridgehead atoms.